The van der Waals surface area contributed by atoms with Gasteiger partial charge in [-0.3, -0.25) is 9.69 Å². The molecule has 0 bridgehead atoms. The topological polar surface area (TPSA) is 70.7 Å². The number of amides is 2. The maximum atomic E-state index is 12.2. The number of ether oxygens (including phenoxy) is 1. The van der Waals surface area contributed by atoms with Crippen molar-refractivity contribution in [2.24, 2.45) is 0 Å². The molecule has 1 aromatic heterocycles. The summed E-state index contributed by atoms with van der Waals surface area (Å²) < 4.78 is 9.15. The van der Waals surface area contributed by atoms with Crippen LogP contribution < -0.4 is 14.9 Å². The summed E-state index contributed by atoms with van der Waals surface area (Å²) >= 11 is 14.3. The number of benzene rings is 1. The minimum Gasteiger partial charge on any atom is -0.442 e. The van der Waals surface area contributed by atoms with E-state index in [0.717, 1.165) is 23.5 Å². The molecule has 150 valence electrons. The van der Waals surface area contributed by atoms with Crippen LogP contribution in [0.25, 0.3) is 0 Å². The fourth-order valence-electron chi connectivity index (χ4n) is 2.54. The first-order valence-corrected chi connectivity index (χ1v) is 11.3. The van der Waals surface area contributed by atoms with E-state index in [1.54, 1.807) is 29.0 Å². The molecule has 0 saturated carbocycles. The van der Waals surface area contributed by atoms with Gasteiger partial charge in [-0.05, 0) is 42.8 Å². The highest BCUT2D eigenvalue weighted by atomic mass is 35.5. The van der Waals surface area contributed by atoms with Crippen LogP contribution in [0.1, 0.15) is 16.1 Å². The Labute approximate surface area is 181 Å². The number of alkyl halides is 1. The molecule has 10 heteroatoms. The highest BCUT2D eigenvalue weighted by Gasteiger charge is 2.32. The number of rotatable bonds is 9. The van der Waals surface area contributed by atoms with Crippen LogP contribution in [0.2, 0.25) is 4.34 Å². The molecular formula is C18H19Cl2N3O3S2. The van der Waals surface area contributed by atoms with Gasteiger partial charge in [0.1, 0.15) is 6.10 Å². The summed E-state index contributed by atoms with van der Waals surface area (Å²) in [6, 6.07) is 10.9. The number of thiophene rings is 1. The average Bonchev–Trinajstić information content (AvgIpc) is 3.29. The highest BCUT2D eigenvalue weighted by Crippen LogP contribution is 2.25. The van der Waals surface area contributed by atoms with Gasteiger partial charge in [0.15, 0.2) is 0 Å². The average molecular weight is 460 g/mol. The van der Waals surface area contributed by atoms with E-state index in [2.05, 4.69) is 10.0 Å². The van der Waals surface area contributed by atoms with Gasteiger partial charge >= 0.3 is 6.09 Å². The second-order valence-corrected chi connectivity index (χ2v) is 8.96. The first-order valence-electron chi connectivity index (χ1n) is 8.62. The Morgan fingerprint density at radius 3 is 2.75 bits per heavy atom. The second-order valence-electron chi connectivity index (χ2n) is 5.97. The smallest absolute Gasteiger partial charge is 0.414 e. The number of anilines is 2. The SMILES string of the molecule is O=C(NCC1CN(c2ccc(NSCCCCl)cc2)C(=O)O1)c1ccc(Cl)s1. The lowest BCUT2D eigenvalue weighted by molar-refractivity contribution is 0.0920. The molecular weight excluding hydrogens is 441 g/mol. The van der Waals surface area contributed by atoms with Crippen molar-refractivity contribution in [3.05, 3.63) is 45.6 Å². The number of hydrogen-bond acceptors (Lipinski definition) is 6. The van der Waals surface area contributed by atoms with E-state index in [1.165, 1.54) is 11.3 Å². The Bertz CT molecular complexity index is 817. The molecule has 1 atom stereocenters. The Hall–Kier alpha value is -1.61. The van der Waals surface area contributed by atoms with Gasteiger partial charge in [0.2, 0.25) is 0 Å². The van der Waals surface area contributed by atoms with Crippen LogP contribution in [-0.4, -0.2) is 42.8 Å². The van der Waals surface area contributed by atoms with Crippen LogP contribution >= 0.6 is 46.5 Å². The first kappa shape index (κ1) is 21.1. The molecule has 1 saturated heterocycles. The van der Waals surface area contributed by atoms with E-state index >= 15 is 0 Å². The van der Waals surface area contributed by atoms with Crippen LogP contribution in [0.3, 0.4) is 0 Å². The zero-order valence-corrected chi connectivity index (χ0v) is 18.0. The van der Waals surface area contributed by atoms with E-state index in [1.807, 2.05) is 24.3 Å². The van der Waals surface area contributed by atoms with Crippen molar-refractivity contribution in [1.82, 2.24) is 5.32 Å². The Morgan fingerprint density at radius 1 is 1.29 bits per heavy atom. The van der Waals surface area contributed by atoms with Gasteiger partial charge in [-0.15, -0.1) is 22.9 Å². The molecule has 3 rings (SSSR count). The Kier molecular flexibility index (Phi) is 7.73. The van der Waals surface area contributed by atoms with Crippen LogP contribution in [-0.2, 0) is 4.74 Å². The van der Waals surface area contributed by atoms with Gasteiger partial charge in [-0.1, -0.05) is 23.5 Å². The van der Waals surface area contributed by atoms with Gasteiger partial charge in [0.25, 0.3) is 5.91 Å². The molecule has 2 amide bonds. The number of carbonyl (C=O) groups is 2. The summed E-state index contributed by atoms with van der Waals surface area (Å²) in [6.45, 7) is 0.620. The monoisotopic (exact) mass is 459 g/mol. The van der Waals surface area contributed by atoms with Crippen LogP contribution in [0.15, 0.2) is 36.4 Å². The second kappa shape index (κ2) is 10.2. The van der Waals surface area contributed by atoms with E-state index < -0.39 is 12.2 Å². The van der Waals surface area contributed by atoms with Crippen molar-refractivity contribution >= 4 is 69.9 Å². The lowest BCUT2D eigenvalue weighted by Crippen LogP contribution is -2.34. The minimum atomic E-state index is -0.421. The van der Waals surface area contributed by atoms with Crippen LogP contribution in [0, 0.1) is 0 Å². The zero-order chi connectivity index (χ0) is 19.9. The van der Waals surface area contributed by atoms with E-state index in [-0.39, 0.29) is 12.5 Å². The summed E-state index contributed by atoms with van der Waals surface area (Å²) in [6.07, 6.45) is 0.111. The normalized spacial score (nSPS) is 16.1. The van der Waals surface area contributed by atoms with E-state index in [4.69, 9.17) is 27.9 Å². The molecule has 6 nitrogen and oxygen atoms in total. The molecule has 2 heterocycles. The number of halogens is 2. The molecule has 28 heavy (non-hydrogen) atoms. The van der Waals surface area contributed by atoms with Crippen molar-refractivity contribution in [2.45, 2.75) is 12.5 Å². The third-order valence-electron chi connectivity index (χ3n) is 3.91. The molecule has 0 spiro atoms. The maximum Gasteiger partial charge on any atom is 0.414 e. The molecule has 2 aromatic rings. The van der Waals surface area contributed by atoms with Crippen molar-refractivity contribution in [3.63, 3.8) is 0 Å². The molecule has 1 aliphatic heterocycles. The molecule has 1 aliphatic rings. The number of hydrogen-bond donors (Lipinski definition) is 2. The highest BCUT2D eigenvalue weighted by molar-refractivity contribution is 8.00. The zero-order valence-electron chi connectivity index (χ0n) is 14.8. The van der Waals surface area contributed by atoms with E-state index in [9.17, 15) is 9.59 Å². The number of carbonyl (C=O) groups excluding carboxylic acids is 2. The lowest BCUT2D eigenvalue weighted by Gasteiger charge is -2.14. The van der Waals surface area contributed by atoms with Crippen molar-refractivity contribution in [3.8, 4) is 0 Å². The molecule has 0 radical (unpaired) electrons. The Morgan fingerprint density at radius 2 is 2.07 bits per heavy atom. The number of nitrogens with one attached hydrogen (secondary N) is 2. The summed E-state index contributed by atoms with van der Waals surface area (Å²) in [5.74, 6) is 1.34. The minimum absolute atomic E-state index is 0.228. The standard InChI is InChI=1S/C18H19Cl2N3O3S2/c19-8-1-9-27-22-12-2-4-13(5-3-12)23-11-14(26-18(23)25)10-21-17(24)15-6-7-16(20)28-15/h2-7,14,22H,1,8-11H2,(H,21,24). The van der Waals surface area contributed by atoms with Gasteiger partial charge in [0, 0.05) is 23.0 Å². The predicted octanol–water partition coefficient (Wildman–Crippen LogP) is 4.85. The molecule has 0 aliphatic carbocycles. The van der Waals surface area contributed by atoms with E-state index in [0.29, 0.717) is 21.6 Å². The Balaban J connectivity index is 1.49. The fraction of sp³-hybridized carbons (Fsp3) is 0.333. The summed E-state index contributed by atoms with van der Waals surface area (Å²) in [5.41, 5.74) is 1.70. The third-order valence-corrected chi connectivity index (χ3v) is 6.28. The van der Waals surface area contributed by atoms with Crippen molar-refractivity contribution in [1.29, 1.82) is 0 Å². The summed E-state index contributed by atoms with van der Waals surface area (Å²) in [4.78, 5) is 26.3. The molecule has 1 aromatic carbocycles. The predicted molar refractivity (Wildman–Crippen MR) is 117 cm³/mol. The van der Waals surface area contributed by atoms with Crippen molar-refractivity contribution in [2.75, 3.05) is 34.3 Å². The lowest BCUT2D eigenvalue weighted by atomic mass is 10.2. The maximum absolute atomic E-state index is 12.2. The number of nitrogens with zero attached hydrogens (tertiary/aromatic N) is 1. The van der Waals surface area contributed by atoms with Gasteiger partial charge in [-0.25, -0.2) is 4.79 Å². The molecule has 1 fully saturated rings. The van der Waals surface area contributed by atoms with Gasteiger partial charge in [0.05, 0.1) is 22.3 Å². The van der Waals surface area contributed by atoms with Gasteiger partial charge in [-0.2, -0.15) is 0 Å². The van der Waals surface area contributed by atoms with Crippen LogP contribution in [0.4, 0.5) is 16.2 Å². The van der Waals surface area contributed by atoms with Crippen LogP contribution in [0.5, 0.6) is 0 Å². The quantitative estimate of drug-likeness (QED) is 0.318. The third kappa shape index (κ3) is 5.70. The fourth-order valence-corrected chi connectivity index (χ4v) is 4.48. The summed E-state index contributed by atoms with van der Waals surface area (Å²) in [7, 11) is 0. The van der Waals surface area contributed by atoms with Crippen molar-refractivity contribution < 1.29 is 14.3 Å². The first-order chi connectivity index (χ1) is 13.6. The number of cyclic esters (lactones) is 1. The largest absolute Gasteiger partial charge is 0.442 e. The molecule has 1 unspecified atom stereocenters. The summed E-state index contributed by atoms with van der Waals surface area (Å²) in [5, 5.41) is 2.78. The van der Waals surface area contributed by atoms with Gasteiger partial charge < -0.3 is 14.8 Å². The molecule has 2 N–H and O–H groups in total.